The molecule has 0 radical (unpaired) electrons. The highest BCUT2D eigenvalue weighted by molar-refractivity contribution is 5.74. The fourth-order valence-corrected chi connectivity index (χ4v) is 2.34. The third-order valence-corrected chi connectivity index (χ3v) is 3.26. The molecule has 112 valence electrons. The van der Waals surface area contributed by atoms with E-state index in [1.165, 1.54) is 0 Å². The summed E-state index contributed by atoms with van der Waals surface area (Å²) >= 11 is 0. The van der Waals surface area contributed by atoms with Crippen molar-refractivity contribution >= 4 is 5.91 Å². The number of rotatable bonds is 7. The van der Waals surface area contributed by atoms with Gasteiger partial charge in [0, 0.05) is 12.5 Å². The second-order valence-electron chi connectivity index (χ2n) is 5.73. The van der Waals surface area contributed by atoms with E-state index < -0.39 is 0 Å². The summed E-state index contributed by atoms with van der Waals surface area (Å²) in [4.78, 5) is 11.1. The lowest BCUT2D eigenvalue weighted by molar-refractivity contribution is -0.120. The number of carbonyl (C=O) groups excluding carboxylic acids is 1. The van der Waals surface area contributed by atoms with Gasteiger partial charge in [-0.3, -0.25) is 4.79 Å². The molecule has 1 rings (SSSR count). The van der Waals surface area contributed by atoms with Gasteiger partial charge in [-0.25, -0.2) is 0 Å². The first kappa shape index (κ1) is 16.3. The Kier molecular flexibility index (Phi) is 5.39. The van der Waals surface area contributed by atoms with Crippen LogP contribution in [0.1, 0.15) is 38.3 Å². The molecule has 0 bridgehead atoms. The van der Waals surface area contributed by atoms with Gasteiger partial charge < -0.3 is 20.9 Å². The normalized spacial score (nSPS) is 12.8. The molecule has 0 saturated heterocycles. The minimum Gasteiger partial charge on any atom is -0.493 e. The predicted octanol–water partition coefficient (Wildman–Crippen LogP) is 2.00. The molecule has 20 heavy (non-hydrogen) atoms. The lowest BCUT2D eigenvalue weighted by Crippen LogP contribution is -2.27. The van der Waals surface area contributed by atoms with Crippen molar-refractivity contribution in [1.82, 2.24) is 0 Å². The SMILES string of the molecule is COc1ccc(C(N)CC(C)(C)CC(N)=O)cc1OC. The molecule has 0 spiro atoms. The Morgan fingerprint density at radius 3 is 2.35 bits per heavy atom. The Hall–Kier alpha value is -1.75. The van der Waals surface area contributed by atoms with Gasteiger partial charge in [0.25, 0.3) is 0 Å². The summed E-state index contributed by atoms with van der Waals surface area (Å²) in [5, 5.41) is 0. The van der Waals surface area contributed by atoms with E-state index in [0.29, 0.717) is 24.3 Å². The Morgan fingerprint density at radius 1 is 1.25 bits per heavy atom. The maximum atomic E-state index is 11.1. The van der Waals surface area contributed by atoms with Crippen molar-refractivity contribution in [2.24, 2.45) is 16.9 Å². The number of primary amides is 1. The standard InChI is InChI=1S/C15H24N2O3/c1-15(2,9-14(17)18)8-11(16)10-5-6-12(19-3)13(7-10)20-4/h5-7,11H,8-9,16H2,1-4H3,(H2,17,18). The third kappa shape index (κ3) is 4.42. The number of benzene rings is 1. The van der Waals surface area contributed by atoms with Crippen LogP contribution in [0.4, 0.5) is 0 Å². The van der Waals surface area contributed by atoms with Crippen molar-refractivity contribution in [3.05, 3.63) is 23.8 Å². The molecule has 0 aromatic heterocycles. The number of nitrogens with two attached hydrogens (primary N) is 2. The van der Waals surface area contributed by atoms with Gasteiger partial charge >= 0.3 is 0 Å². The fraction of sp³-hybridized carbons (Fsp3) is 0.533. The second kappa shape index (κ2) is 6.61. The minimum atomic E-state index is -0.311. The van der Waals surface area contributed by atoms with Crippen molar-refractivity contribution in [1.29, 1.82) is 0 Å². The van der Waals surface area contributed by atoms with Gasteiger partial charge in [0.15, 0.2) is 11.5 Å². The number of hydrogen-bond acceptors (Lipinski definition) is 4. The fourth-order valence-electron chi connectivity index (χ4n) is 2.34. The molecule has 0 saturated carbocycles. The van der Waals surface area contributed by atoms with Crippen LogP contribution in [0.15, 0.2) is 18.2 Å². The molecular formula is C15H24N2O3. The Bertz CT molecular complexity index is 472. The Balaban J connectivity index is 2.87. The monoisotopic (exact) mass is 280 g/mol. The molecule has 1 amide bonds. The van der Waals surface area contributed by atoms with Crippen LogP contribution in [0.25, 0.3) is 0 Å². The molecule has 0 aliphatic heterocycles. The van der Waals surface area contributed by atoms with Crippen LogP contribution in [-0.4, -0.2) is 20.1 Å². The number of amides is 1. The van der Waals surface area contributed by atoms with Gasteiger partial charge in [0.2, 0.25) is 5.91 Å². The first-order valence-corrected chi connectivity index (χ1v) is 6.55. The van der Waals surface area contributed by atoms with E-state index in [9.17, 15) is 4.79 Å². The minimum absolute atomic E-state index is 0.191. The molecule has 1 aromatic rings. The van der Waals surface area contributed by atoms with Crippen molar-refractivity contribution in [2.45, 2.75) is 32.7 Å². The summed E-state index contributed by atoms with van der Waals surface area (Å²) in [6.45, 7) is 3.97. The molecule has 5 heteroatoms. The van der Waals surface area contributed by atoms with Crippen LogP contribution in [0.5, 0.6) is 11.5 Å². The zero-order valence-corrected chi connectivity index (χ0v) is 12.6. The van der Waals surface area contributed by atoms with Crippen LogP contribution < -0.4 is 20.9 Å². The number of ether oxygens (including phenoxy) is 2. The smallest absolute Gasteiger partial charge is 0.217 e. The Labute approximate surface area is 120 Å². The van der Waals surface area contributed by atoms with Gasteiger partial charge in [0.05, 0.1) is 14.2 Å². The number of hydrogen-bond donors (Lipinski definition) is 2. The molecule has 5 nitrogen and oxygen atoms in total. The topological polar surface area (TPSA) is 87.6 Å². The average molecular weight is 280 g/mol. The lowest BCUT2D eigenvalue weighted by Gasteiger charge is -2.27. The summed E-state index contributed by atoms with van der Waals surface area (Å²) < 4.78 is 10.5. The van der Waals surface area contributed by atoms with Gasteiger partial charge in [-0.05, 0) is 29.5 Å². The Morgan fingerprint density at radius 2 is 1.85 bits per heavy atom. The maximum Gasteiger partial charge on any atom is 0.217 e. The summed E-state index contributed by atoms with van der Waals surface area (Å²) in [6.07, 6.45) is 0.972. The van der Waals surface area contributed by atoms with Gasteiger partial charge in [-0.15, -0.1) is 0 Å². The van der Waals surface area contributed by atoms with E-state index in [0.717, 1.165) is 5.56 Å². The molecule has 1 unspecified atom stereocenters. The quantitative estimate of drug-likeness (QED) is 0.799. The highest BCUT2D eigenvalue weighted by Gasteiger charge is 2.25. The average Bonchev–Trinajstić information content (AvgIpc) is 2.35. The van der Waals surface area contributed by atoms with Crippen molar-refractivity contribution in [2.75, 3.05) is 14.2 Å². The zero-order valence-electron chi connectivity index (χ0n) is 12.6. The predicted molar refractivity (Wildman–Crippen MR) is 78.7 cm³/mol. The van der Waals surface area contributed by atoms with E-state index in [1.807, 2.05) is 32.0 Å². The molecule has 0 heterocycles. The lowest BCUT2D eigenvalue weighted by atomic mass is 9.81. The van der Waals surface area contributed by atoms with Crippen LogP contribution >= 0.6 is 0 Å². The molecule has 0 aliphatic rings. The maximum absolute atomic E-state index is 11.1. The second-order valence-corrected chi connectivity index (χ2v) is 5.73. The zero-order chi connectivity index (χ0) is 15.3. The number of carbonyl (C=O) groups is 1. The highest BCUT2D eigenvalue weighted by Crippen LogP contribution is 2.35. The van der Waals surface area contributed by atoms with Crippen molar-refractivity contribution < 1.29 is 14.3 Å². The van der Waals surface area contributed by atoms with Crippen LogP contribution in [0, 0.1) is 5.41 Å². The van der Waals surface area contributed by atoms with Crippen LogP contribution in [-0.2, 0) is 4.79 Å². The van der Waals surface area contributed by atoms with E-state index in [-0.39, 0.29) is 17.4 Å². The molecule has 4 N–H and O–H groups in total. The van der Waals surface area contributed by atoms with Crippen molar-refractivity contribution in [3.63, 3.8) is 0 Å². The van der Waals surface area contributed by atoms with Crippen LogP contribution in [0.2, 0.25) is 0 Å². The van der Waals surface area contributed by atoms with Crippen LogP contribution in [0.3, 0.4) is 0 Å². The first-order chi connectivity index (χ1) is 9.29. The molecule has 1 atom stereocenters. The summed E-state index contributed by atoms with van der Waals surface area (Å²) in [5.41, 5.74) is 12.2. The summed E-state index contributed by atoms with van der Waals surface area (Å²) in [5.74, 6) is 1.00. The van der Waals surface area contributed by atoms with E-state index >= 15 is 0 Å². The summed E-state index contributed by atoms with van der Waals surface area (Å²) in [7, 11) is 3.18. The van der Waals surface area contributed by atoms with Gasteiger partial charge in [-0.1, -0.05) is 19.9 Å². The largest absolute Gasteiger partial charge is 0.493 e. The van der Waals surface area contributed by atoms with E-state index in [2.05, 4.69) is 0 Å². The molecule has 0 fully saturated rings. The van der Waals surface area contributed by atoms with Gasteiger partial charge in [0.1, 0.15) is 0 Å². The highest BCUT2D eigenvalue weighted by atomic mass is 16.5. The first-order valence-electron chi connectivity index (χ1n) is 6.55. The summed E-state index contributed by atoms with van der Waals surface area (Å²) in [6, 6.07) is 5.41. The van der Waals surface area contributed by atoms with Crippen molar-refractivity contribution in [3.8, 4) is 11.5 Å². The molecule has 1 aromatic carbocycles. The molecule has 0 aliphatic carbocycles. The van der Waals surface area contributed by atoms with Gasteiger partial charge in [-0.2, -0.15) is 0 Å². The van der Waals surface area contributed by atoms with E-state index in [1.54, 1.807) is 14.2 Å². The van der Waals surface area contributed by atoms with E-state index in [4.69, 9.17) is 20.9 Å². The third-order valence-electron chi connectivity index (χ3n) is 3.26. The number of methoxy groups -OCH3 is 2. The molecular weight excluding hydrogens is 256 g/mol.